The second-order valence-electron chi connectivity index (χ2n) is 5.86. The van der Waals surface area contributed by atoms with Gasteiger partial charge in [0.25, 0.3) is 5.91 Å². The molecule has 3 aromatic heterocycles. The minimum atomic E-state index is -0.530. The number of carbonyl (C=O) groups is 1. The molecule has 1 atom stereocenters. The van der Waals surface area contributed by atoms with Gasteiger partial charge in [0.05, 0.1) is 30.6 Å². The van der Waals surface area contributed by atoms with Crippen LogP contribution in [0, 0.1) is 13.8 Å². The summed E-state index contributed by atoms with van der Waals surface area (Å²) in [7, 11) is 0. The number of nitrogens with zero attached hydrogens (tertiary/aromatic N) is 4. The van der Waals surface area contributed by atoms with E-state index in [4.69, 9.17) is 0 Å². The molecule has 0 saturated heterocycles. The third-order valence-corrected chi connectivity index (χ3v) is 3.86. The number of H-pyrrole nitrogens is 1. The highest BCUT2D eigenvalue weighted by atomic mass is 16.3. The summed E-state index contributed by atoms with van der Waals surface area (Å²) >= 11 is 0. The lowest BCUT2D eigenvalue weighted by Crippen LogP contribution is -2.31. The van der Waals surface area contributed by atoms with E-state index in [0.717, 1.165) is 22.6 Å². The van der Waals surface area contributed by atoms with Crippen LogP contribution in [0.4, 0.5) is 0 Å². The van der Waals surface area contributed by atoms with Gasteiger partial charge in [-0.3, -0.25) is 19.6 Å². The van der Waals surface area contributed by atoms with Crippen LogP contribution in [0.25, 0.3) is 0 Å². The Morgan fingerprint density at radius 2 is 2.24 bits per heavy atom. The molecule has 130 valence electrons. The number of carbonyl (C=O) groups excluding carboxylic acids is 1. The maximum absolute atomic E-state index is 12.4. The standard InChI is InChI=1S/C17H20N6O2/c1-11-6-12(2)23(22-11)9-14-7-15(21-20-14)17(25)19-16(10-24)13-4-3-5-18-8-13/h3-8,16,24H,9-10H2,1-2H3,(H,19,25)(H,20,21). The van der Waals surface area contributed by atoms with Crippen LogP contribution in [-0.2, 0) is 6.54 Å². The normalized spacial score (nSPS) is 12.1. The maximum Gasteiger partial charge on any atom is 0.272 e. The number of hydrogen-bond acceptors (Lipinski definition) is 5. The van der Waals surface area contributed by atoms with Gasteiger partial charge in [-0.05, 0) is 37.6 Å². The van der Waals surface area contributed by atoms with E-state index in [1.165, 1.54) is 0 Å². The summed E-state index contributed by atoms with van der Waals surface area (Å²) in [6, 6.07) is 6.70. The van der Waals surface area contributed by atoms with Gasteiger partial charge >= 0.3 is 0 Å². The molecule has 3 heterocycles. The predicted molar refractivity (Wildman–Crippen MR) is 90.9 cm³/mol. The molecule has 1 unspecified atom stereocenters. The number of hydrogen-bond donors (Lipinski definition) is 3. The molecule has 3 rings (SSSR count). The van der Waals surface area contributed by atoms with Gasteiger partial charge in [0.2, 0.25) is 0 Å². The van der Waals surface area contributed by atoms with Crippen LogP contribution < -0.4 is 5.32 Å². The maximum atomic E-state index is 12.4. The first-order valence-corrected chi connectivity index (χ1v) is 7.94. The topological polar surface area (TPSA) is 109 Å². The summed E-state index contributed by atoms with van der Waals surface area (Å²) in [4.78, 5) is 16.4. The van der Waals surface area contributed by atoms with Gasteiger partial charge in [-0.2, -0.15) is 10.2 Å². The highest BCUT2D eigenvalue weighted by Gasteiger charge is 2.17. The number of nitrogens with one attached hydrogen (secondary N) is 2. The Hall–Kier alpha value is -3.00. The molecule has 8 heteroatoms. The molecule has 0 aliphatic rings. The molecule has 0 spiro atoms. The van der Waals surface area contributed by atoms with Crippen molar-refractivity contribution in [3.8, 4) is 0 Å². The Labute approximate surface area is 144 Å². The summed E-state index contributed by atoms with van der Waals surface area (Å²) in [5.74, 6) is -0.362. The summed E-state index contributed by atoms with van der Waals surface area (Å²) in [6.07, 6.45) is 3.25. The third kappa shape index (κ3) is 3.92. The van der Waals surface area contributed by atoms with Crippen molar-refractivity contribution >= 4 is 5.91 Å². The third-order valence-electron chi connectivity index (χ3n) is 3.86. The van der Waals surface area contributed by atoms with Crippen molar-refractivity contribution in [1.29, 1.82) is 0 Å². The number of amides is 1. The molecule has 3 N–H and O–H groups in total. The van der Waals surface area contributed by atoms with Crippen LogP contribution in [0.5, 0.6) is 0 Å². The van der Waals surface area contributed by atoms with Crippen molar-refractivity contribution in [3.63, 3.8) is 0 Å². The van der Waals surface area contributed by atoms with Crippen LogP contribution in [0.3, 0.4) is 0 Å². The second-order valence-corrected chi connectivity index (χ2v) is 5.86. The number of aryl methyl sites for hydroxylation is 2. The highest BCUT2D eigenvalue weighted by molar-refractivity contribution is 5.92. The molecule has 0 fully saturated rings. The number of aromatic nitrogens is 5. The molecular formula is C17H20N6O2. The van der Waals surface area contributed by atoms with Crippen LogP contribution >= 0.6 is 0 Å². The lowest BCUT2D eigenvalue weighted by atomic mass is 10.1. The Morgan fingerprint density at radius 1 is 1.40 bits per heavy atom. The van der Waals surface area contributed by atoms with Crippen molar-refractivity contribution in [1.82, 2.24) is 30.3 Å². The van der Waals surface area contributed by atoms with Crippen LogP contribution in [0.1, 0.15) is 39.2 Å². The molecule has 0 radical (unpaired) electrons. The highest BCUT2D eigenvalue weighted by Crippen LogP contribution is 2.12. The molecule has 25 heavy (non-hydrogen) atoms. The molecule has 0 aliphatic heterocycles. The predicted octanol–water partition coefficient (Wildman–Crippen LogP) is 1.13. The fourth-order valence-corrected chi connectivity index (χ4v) is 2.60. The second kappa shape index (κ2) is 7.27. The van der Waals surface area contributed by atoms with E-state index in [0.29, 0.717) is 6.54 Å². The average molecular weight is 340 g/mol. The van der Waals surface area contributed by atoms with Gasteiger partial charge in [-0.1, -0.05) is 6.07 Å². The summed E-state index contributed by atoms with van der Waals surface area (Å²) in [5.41, 5.74) is 3.75. The van der Waals surface area contributed by atoms with Crippen LogP contribution in [0.2, 0.25) is 0 Å². The SMILES string of the molecule is Cc1cc(C)n(Cc2cc(C(=O)NC(CO)c3cccnc3)n[nH]2)n1. The van der Waals surface area contributed by atoms with E-state index in [2.05, 4.69) is 25.6 Å². The number of aromatic amines is 1. The van der Waals surface area contributed by atoms with Crippen molar-refractivity contribution < 1.29 is 9.90 Å². The Balaban J connectivity index is 1.69. The van der Waals surface area contributed by atoms with E-state index >= 15 is 0 Å². The van der Waals surface area contributed by atoms with Crippen molar-refractivity contribution in [2.45, 2.75) is 26.4 Å². The minimum Gasteiger partial charge on any atom is -0.394 e. The lowest BCUT2D eigenvalue weighted by Gasteiger charge is -2.15. The summed E-state index contributed by atoms with van der Waals surface area (Å²) < 4.78 is 1.84. The zero-order chi connectivity index (χ0) is 17.8. The minimum absolute atomic E-state index is 0.222. The summed E-state index contributed by atoms with van der Waals surface area (Å²) in [6.45, 7) is 4.19. The lowest BCUT2D eigenvalue weighted by molar-refractivity contribution is 0.0911. The molecular weight excluding hydrogens is 320 g/mol. The van der Waals surface area contributed by atoms with Gasteiger partial charge in [0.15, 0.2) is 0 Å². The smallest absolute Gasteiger partial charge is 0.272 e. The molecule has 3 aromatic rings. The van der Waals surface area contributed by atoms with Gasteiger partial charge in [0, 0.05) is 18.1 Å². The van der Waals surface area contributed by atoms with Gasteiger partial charge in [0.1, 0.15) is 5.69 Å². The first kappa shape index (κ1) is 16.8. The average Bonchev–Trinajstić information content (AvgIpc) is 3.20. The van der Waals surface area contributed by atoms with Crippen molar-refractivity contribution in [2.24, 2.45) is 0 Å². The molecule has 0 aliphatic carbocycles. The van der Waals surface area contributed by atoms with Crippen LogP contribution in [0.15, 0.2) is 36.7 Å². The largest absolute Gasteiger partial charge is 0.394 e. The Kier molecular flexibility index (Phi) is 4.90. The molecule has 0 aromatic carbocycles. The number of aliphatic hydroxyl groups is 1. The molecule has 1 amide bonds. The zero-order valence-electron chi connectivity index (χ0n) is 14.1. The quantitative estimate of drug-likeness (QED) is 0.623. The fourth-order valence-electron chi connectivity index (χ4n) is 2.60. The van der Waals surface area contributed by atoms with E-state index in [1.807, 2.05) is 24.6 Å². The monoisotopic (exact) mass is 340 g/mol. The Morgan fingerprint density at radius 3 is 2.88 bits per heavy atom. The zero-order valence-corrected chi connectivity index (χ0v) is 14.1. The first-order valence-electron chi connectivity index (χ1n) is 7.94. The molecule has 0 saturated carbocycles. The fraction of sp³-hybridized carbons (Fsp3) is 0.294. The number of aliphatic hydroxyl groups excluding tert-OH is 1. The first-order chi connectivity index (χ1) is 12.1. The van der Waals surface area contributed by atoms with E-state index in [-0.39, 0.29) is 18.2 Å². The van der Waals surface area contributed by atoms with Crippen LogP contribution in [-0.4, -0.2) is 42.6 Å². The van der Waals surface area contributed by atoms with Crippen molar-refractivity contribution in [2.75, 3.05) is 6.61 Å². The van der Waals surface area contributed by atoms with E-state index in [9.17, 15) is 9.90 Å². The van der Waals surface area contributed by atoms with Gasteiger partial charge in [-0.25, -0.2) is 0 Å². The molecule has 0 bridgehead atoms. The number of pyridine rings is 1. The van der Waals surface area contributed by atoms with Gasteiger partial charge in [-0.15, -0.1) is 0 Å². The number of rotatable bonds is 6. The van der Waals surface area contributed by atoms with E-state index in [1.54, 1.807) is 30.6 Å². The summed E-state index contributed by atoms with van der Waals surface area (Å²) in [5, 5.41) is 23.6. The molecule has 8 nitrogen and oxygen atoms in total. The van der Waals surface area contributed by atoms with Gasteiger partial charge < -0.3 is 10.4 Å². The Bertz CT molecular complexity index is 855. The van der Waals surface area contributed by atoms with Crippen molar-refractivity contribution in [3.05, 3.63) is 65.0 Å². The van der Waals surface area contributed by atoms with E-state index < -0.39 is 6.04 Å².